The van der Waals surface area contributed by atoms with Crippen molar-refractivity contribution in [2.75, 3.05) is 0 Å². The molecule has 1 saturated carbocycles. The number of amides is 4. The van der Waals surface area contributed by atoms with Crippen LogP contribution in [-0.4, -0.2) is 55.6 Å². The van der Waals surface area contributed by atoms with Gasteiger partial charge in [0, 0.05) is 24.6 Å². The molecule has 2 N–H and O–H groups in total. The Morgan fingerprint density at radius 1 is 1.14 bits per heavy atom. The average Bonchev–Trinajstić information content (AvgIpc) is 3.44. The van der Waals surface area contributed by atoms with Crippen LogP contribution < -0.4 is 10.6 Å². The molecule has 1 aromatic heterocycles. The predicted molar refractivity (Wildman–Crippen MR) is 123 cm³/mol. The number of carbonyl (C=O) groups excluding carboxylic acids is 4. The fraction of sp³-hybridized carbons (Fsp3) is 0.440. The van der Waals surface area contributed by atoms with Crippen LogP contribution >= 0.6 is 0 Å². The summed E-state index contributed by atoms with van der Waals surface area (Å²) < 4.78 is 1.48. The summed E-state index contributed by atoms with van der Waals surface area (Å²) in [6, 6.07) is 4.81. The molecule has 3 heterocycles. The van der Waals surface area contributed by atoms with Crippen LogP contribution in [0.5, 0.6) is 0 Å². The summed E-state index contributed by atoms with van der Waals surface area (Å²) in [6.45, 7) is 0.310. The number of aromatic nitrogens is 3. The molecule has 2 fully saturated rings. The van der Waals surface area contributed by atoms with Gasteiger partial charge >= 0.3 is 0 Å². The van der Waals surface area contributed by atoms with Crippen LogP contribution in [0.3, 0.4) is 0 Å². The Labute approximate surface area is 201 Å². The summed E-state index contributed by atoms with van der Waals surface area (Å²) in [4.78, 5) is 51.1. The molecule has 0 spiro atoms. The Morgan fingerprint density at radius 3 is 2.86 bits per heavy atom. The van der Waals surface area contributed by atoms with E-state index in [1.807, 2.05) is 12.1 Å². The van der Waals surface area contributed by atoms with Crippen molar-refractivity contribution in [3.05, 3.63) is 53.4 Å². The zero-order valence-corrected chi connectivity index (χ0v) is 19.1. The van der Waals surface area contributed by atoms with E-state index in [0.29, 0.717) is 36.1 Å². The van der Waals surface area contributed by atoms with Crippen molar-refractivity contribution in [1.29, 1.82) is 0 Å². The van der Waals surface area contributed by atoms with Crippen molar-refractivity contribution in [1.82, 2.24) is 30.5 Å². The molecule has 10 nitrogen and oxygen atoms in total. The van der Waals surface area contributed by atoms with Gasteiger partial charge in [0.25, 0.3) is 11.8 Å². The highest BCUT2D eigenvalue weighted by molar-refractivity contribution is 6.05. The molecule has 1 aromatic carbocycles. The largest absolute Gasteiger partial charge is 0.348 e. The highest BCUT2D eigenvalue weighted by Gasteiger charge is 2.39. The van der Waals surface area contributed by atoms with Crippen molar-refractivity contribution < 1.29 is 19.2 Å². The Kier molecular flexibility index (Phi) is 5.23. The van der Waals surface area contributed by atoms with E-state index in [1.165, 1.54) is 16.0 Å². The molecule has 1 unspecified atom stereocenters. The first-order valence-corrected chi connectivity index (χ1v) is 12.1. The number of rotatable bonds is 4. The first kappa shape index (κ1) is 21.7. The van der Waals surface area contributed by atoms with Gasteiger partial charge in [0.15, 0.2) is 5.69 Å². The van der Waals surface area contributed by atoms with Gasteiger partial charge in [-0.2, -0.15) is 0 Å². The van der Waals surface area contributed by atoms with Gasteiger partial charge < -0.3 is 10.2 Å². The van der Waals surface area contributed by atoms with Gasteiger partial charge in [-0.05, 0) is 61.6 Å². The molecule has 35 heavy (non-hydrogen) atoms. The number of nitrogens with zero attached hydrogens (tertiary/aromatic N) is 4. The minimum atomic E-state index is -0.660. The van der Waals surface area contributed by atoms with E-state index in [-0.39, 0.29) is 35.9 Å². The highest BCUT2D eigenvalue weighted by Crippen LogP contribution is 2.36. The van der Waals surface area contributed by atoms with Gasteiger partial charge in [-0.1, -0.05) is 23.4 Å². The predicted octanol–water partition coefficient (Wildman–Crippen LogP) is 1.50. The van der Waals surface area contributed by atoms with Gasteiger partial charge in [-0.15, -0.1) is 5.10 Å². The standard InChI is InChI=1S/C25H26N6O4/c32-22-7-6-21(24(34)27-22)30-12-16-4-5-18(11-19(16)25(30)35)31-13-20(28-29-31)23(33)26-17-9-14-2-1-3-15(8-14)10-17/h1-2,4-5,11,13-15,17,21H,3,6-10,12H2,(H,26,33)(H,27,32,34)/t14-,15+,17+,21?/m1/s1. The molecule has 6 rings (SSSR count). The molecule has 2 aromatic rings. The fourth-order valence-electron chi connectivity index (χ4n) is 5.85. The second-order valence-corrected chi connectivity index (χ2v) is 9.96. The topological polar surface area (TPSA) is 126 Å². The normalized spacial score (nSPS) is 27.5. The summed E-state index contributed by atoms with van der Waals surface area (Å²) >= 11 is 0. The lowest BCUT2D eigenvalue weighted by atomic mass is 9.74. The molecular formula is C25H26N6O4. The second kappa shape index (κ2) is 8.44. The Hall–Kier alpha value is -3.82. The van der Waals surface area contributed by atoms with E-state index in [9.17, 15) is 19.2 Å². The van der Waals surface area contributed by atoms with Gasteiger partial charge in [0.1, 0.15) is 6.04 Å². The van der Waals surface area contributed by atoms with E-state index in [1.54, 1.807) is 12.3 Å². The van der Waals surface area contributed by atoms with Crippen LogP contribution in [0.1, 0.15) is 64.9 Å². The van der Waals surface area contributed by atoms with Crippen LogP contribution in [-0.2, 0) is 16.1 Å². The lowest BCUT2D eigenvalue weighted by Gasteiger charge is -2.36. The zero-order chi connectivity index (χ0) is 24.1. The molecule has 1 saturated heterocycles. The first-order valence-electron chi connectivity index (χ1n) is 12.1. The lowest BCUT2D eigenvalue weighted by Crippen LogP contribution is -2.52. The fourth-order valence-corrected chi connectivity index (χ4v) is 5.85. The number of carbonyl (C=O) groups is 4. The third kappa shape index (κ3) is 4.02. The summed E-state index contributed by atoms with van der Waals surface area (Å²) in [5.74, 6) is -0.0903. The van der Waals surface area contributed by atoms with E-state index in [2.05, 4.69) is 33.1 Å². The van der Waals surface area contributed by atoms with E-state index in [4.69, 9.17) is 0 Å². The zero-order valence-electron chi connectivity index (χ0n) is 19.1. The van der Waals surface area contributed by atoms with Gasteiger partial charge in [-0.3, -0.25) is 24.5 Å². The van der Waals surface area contributed by atoms with Crippen molar-refractivity contribution >= 4 is 23.6 Å². The van der Waals surface area contributed by atoms with Crippen LogP contribution in [0.2, 0.25) is 0 Å². The molecule has 4 aliphatic rings. The van der Waals surface area contributed by atoms with Crippen LogP contribution in [0.25, 0.3) is 5.69 Å². The molecular weight excluding hydrogens is 448 g/mol. The molecule has 180 valence electrons. The molecule has 2 bridgehead atoms. The number of imide groups is 1. The lowest BCUT2D eigenvalue weighted by molar-refractivity contribution is -0.136. The average molecular weight is 475 g/mol. The SMILES string of the molecule is O=C1CCC(N2Cc3ccc(-n4cc(C(=O)N[C@H]5C[C@@H]6C=CC[C@@H](C6)C5)nn4)cc3C2=O)C(=O)N1. The quantitative estimate of drug-likeness (QED) is 0.511. The van der Waals surface area contributed by atoms with E-state index >= 15 is 0 Å². The second-order valence-electron chi connectivity index (χ2n) is 9.96. The molecule has 4 amide bonds. The molecule has 10 heteroatoms. The monoisotopic (exact) mass is 474 g/mol. The number of hydrogen-bond acceptors (Lipinski definition) is 6. The third-order valence-corrected chi connectivity index (χ3v) is 7.56. The van der Waals surface area contributed by atoms with E-state index in [0.717, 1.165) is 24.8 Å². The Bertz CT molecular complexity index is 1270. The van der Waals surface area contributed by atoms with Gasteiger partial charge in [-0.25, -0.2) is 4.68 Å². The maximum absolute atomic E-state index is 13.1. The van der Waals surface area contributed by atoms with Crippen molar-refractivity contribution in [2.45, 2.75) is 57.2 Å². The number of benzene rings is 1. The number of fused-ring (bicyclic) bond motifs is 3. The first-order chi connectivity index (χ1) is 16.9. The summed E-state index contributed by atoms with van der Waals surface area (Å²) in [6.07, 6.45) is 10.8. The van der Waals surface area contributed by atoms with Gasteiger partial charge in [0.05, 0.1) is 11.9 Å². The minimum absolute atomic E-state index is 0.136. The van der Waals surface area contributed by atoms with E-state index < -0.39 is 11.9 Å². The number of piperidine rings is 1. The van der Waals surface area contributed by atoms with Crippen LogP contribution in [0.4, 0.5) is 0 Å². The summed E-state index contributed by atoms with van der Waals surface area (Å²) in [7, 11) is 0. The summed E-state index contributed by atoms with van der Waals surface area (Å²) in [5, 5.41) is 13.6. The Balaban J connectivity index is 1.15. The third-order valence-electron chi connectivity index (χ3n) is 7.56. The Morgan fingerprint density at radius 2 is 2.03 bits per heavy atom. The maximum Gasteiger partial charge on any atom is 0.273 e. The minimum Gasteiger partial charge on any atom is -0.348 e. The van der Waals surface area contributed by atoms with Crippen molar-refractivity contribution in [2.24, 2.45) is 11.8 Å². The van der Waals surface area contributed by atoms with Crippen molar-refractivity contribution in [3.8, 4) is 5.69 Å². The smallest absolute Gasteiger partial charge is 0.273 e. The van der Waals surface area contributed by atoms with Crippen molar-refractivity contribution in [3.63, 3.8) is 0 Å². The van der Waals surface area contributed by atoms with Crippen LogP contribution in [0, 0.1) is 11.8 Å². The number of nitrogens with one attached hydrogen (secondary N) is 2. The molecule has 4 atom stereocenters. The highest BCUT2D eigenvalue weighted by atomic mass is 16.2. The van der Waals surface area contributed by atoms with Gasteiger partial charge in [0.2, 0.25) is 11.8 Å². The summed E-state index contributed by atoms with van der Waals surface area (Å²) in [5.41, 5.74) is 2.12. The number of hydrogen-bond donors (Lipinski definition) is 2. The molecule has 2 aliphatic heterocycles. The maximum atomic E-state index is 13.1. The molecule has 0 radical (unpaired) electrons. The number of allylic oxidation sites excluding steroid dienone is 2. The van der Waals surface area contributed by atoms with Crippen LogP contribution in [0.15, 0.2) is 36.5 Å². The molecule has 2 aliphatic carbocycles.